The molecule has 11 heteroatoms. The molecular formula is C23H26BNO8S. The summed E-state index contributed by atoms with van der Waals surface area (Å²) in [5.41, 5.74) is 2.71. The predicted octanol–water partition coefficient (Wildman–Crippen LogP) is 2.27. The Balaban J connectivity index is 1.76. The third-order valence-electron chi connectivity index (χ3n) is 6.34. The monoisotopic (exact) mass is 487 g/mol. The van der Waals surface area contributed by atoms with E-state index in [1.165, 1.54) is 17.0 Å². The van der Waals surface area contributed by atoms with Gasteiger partial charge >= 0.3 is 13.1 Å². The lowest BCUT2D eigenvalue weighted by atomic mass is 9.75. The first-order valence-corrected chi connectivity index (χ1v) is 12.5. The summed E-state index contributed by atoms with van der Waals surface area (Å²) in [6, 6.07) is 6.64. The molecule has 4 N–H and O–H groups in total. The second kappa shape index (κ2) is 8.83. The highest BCUT2D eigenvalue weighted by atomic mass is 32.3. The van der Waals surface area contributed by atoms with E-state index in [9.17, 15) is 33.6 Å². The number of carboxylic acid groups (broad SMARTS) is 1. The molecule has 4 rings (SSSR count). The predicted molar refractivity (Wildman–Crippen MR) is 126 cm³/mol. The molecule has 0 fully saturated rings. The number of carboxylic acids is 1. The van der Waals surface area contributed by atoms with Gasteiger partial charge in [0, 0.05) is 17.7 Å². The van der Waals surface area contributed by atoms with Gasteiger partial charge in [0.05, 0.1) is 11.5 Å². The average Bonchev–Trinajstić information content (AvgIpc) is 3.23. The molecule has 2 heterocycles. The lowest BCUT2D eigenvalue weighted by Crippen LogP contribution is -2.48. The minimum atomic E-state index is -3.18. The van der Waals surface area contributed by atoms with Gasteiger partial charge in [0.15, 0.2) is 5.78 Å². The van der Waals surface area contributed by atoms with E-state index in [-0.39, 0.29) is 34.9 Å². The highest BCUT2D eigenvalue weighted by Gasteiger charge is 2.38. The van der Waals surface area contributed by atoms with Crippen molar-refractivity contribution in [3.63, 3.8) is 0 Å². The number of hydrogen-bond donors (Lipinski definition) is 4. The first-order valence-electron chi connectivity index (χ1n) is 10.8. The van der Waals surface area contributed by atoms with E-state index in [1.54, 1.807) is 39.0 Å². The summed E-state index contributed by atoms with van der Waals surface area (Å²) in [6.07, 6.45) is 0. The number of rotatable bonds is 6. The maximum absolute atomic E-state index is 13.7. The van der Waals surface area contributed by atoms with Crippen LogP contribution in [0.25, 0.3) is 0 Å². The topological polar surface area (TPSA) is 145 Å². The van der Waals surface area contributed by atoms with Crippen molar-refractivity contribution in [3.05, 3.63) is 58.1 Å². The van der Waals surface area contributed by atoms with Gasteiger partial charge in [-0.25, -0.2) is 4.79 Å². The number of ketones is 1. The van der Waals surface area contributed by atoms with Gasteiger partial charge in [0.1, 0.15) is 11.8 Å². The number of carbonyl (C=O) groups excluding carboxylic acids is 2. The standard InChI is InChI=1S/C23H26BNO8S/c1-12(2)21(23(28)29)25(9-14-4-7-19-17(8-14)18(26)11-34(19,31)32)22(27)16-6-5-15-10-33-24(30)20(15)13(16)3/h4-8,12,21,30-32H,9-11H2,1-3H3,(H,28,29)/t21-/m0/s1. The number of aliphatic carboxylic acids is 1. The van der Waals surface area contributed by atoms with Gasteiger partial charge in [-0.2, -0.15) is 10.6 Å². The van der Waals surface area contributed by atoms with E-state index in [0.29, 0.717) is 16.6 Å². The summed E-state index contributed by atoms with van der Waals surface area (Å²) in [4.78, 5) is 39.6. The molecule has 2 aromatic carbocycles. The molecule has 2 aliphatic heterocycles. The smallest absolute Gasteiger partial charge is 0.480 e. The molecule has 2 aliphatic rings. The first kappa shape index (κ1) is 24.4. The van der Waals surface area contributed by atoms with Gasteiger partial charge in [-0.3, -0.25) is 18.7 Å². The van der Waals surface area contributed by atoms with Crippen molar-refractivity contribution < 1.29 is 38.3 Å². The third kappa shape index (κ3) is 4.14. The summed E-state index contributed by atoms with van der Waals surface area (Å²) >= 11 is 0. The number of amides is 1. The van der Waals surface area contributed by atoms with Gasteiger partial charge in [0.25, 0.3) is 5.91 Å². The Labute approximate surface area is 198 Å². The second-order valence-corrected chi connectivity index (χ2v) is 11.1. The fourth-order valence-electron chi connectivity index (χ4n) is 4.68. The van der Waals surface area contributed by atoms with E-state index in [4.69, 9.17) is 4.65 Å². The molecule has 9 nitrogen and oxygen atoms in total. The van der Waals surface area contributed by atoms with Crippen LogP contribution in [0, 0.1) is 12.8 Å². The van der Waals surface area contributed by atoms with Crippen LogP contribution in [0.3, 0.4) is 0 Å². The van der Waals surface area contributed by atoms with Crippen molar-refractivity contribution in [3.8, 4) is 0 Å². The Morgan fingerprint density at radius 3 is 2.56 bits per heavy atom. The maximum Gasteiger partial charge on any atom is 0.492 e. The normalized spacial score (nSPS) is 18.0. The molecule has 1 atom stereocenters. The zero-order valence-electron chi connectivity index (χ0n) is 19.0. The van der Waals surface area contributed by atoms with Crippen molar-refractivity contribution in [2.75, 3.05) is 5.75 Å². The van der Waals surface area contributed by atoms with E-state index in [2.05, 4.69) is 0 Å². The Morgan fingerprint density at radius 1 is 1.21 bits per heavy atom. The summed E-state index contributed by atoms with van der Waals surface area (Å²) in [6.45, 7) is 5.21. The largest absolute Gasteiger partial charge is 0.492 e. The van der Waals surface area contributed by atoms with Crippen molar-refractivity contribution in [1.29, 1.82) is 0 Å². The molecule has 0 saturated heterocycles. The minimum absolute atomic E-state index is 0.108. The van der Waals surface area contributed by atoms with Gasteiger partial charge < -0.3 is 19.7 Å². The summed E-state index contributed by atoms with van der Waals surface area (Å²) in [5.74, 6) is -2.91. The fourth-order valence-corrected chi connectivity index (χ4v) is 6.17. The van der Waals surface area contributed by atoms with Crippen LogP contribution in [0.1, 0.15) is 51.3 Å². The van der Waals surface area contributed by atoms with Crippen LogP contribution in [-0.4, -0.2) is 60.7 Å². The third-order valence-corrected chi connectivity index (χ3v) is 8.07. The maximum atomic E-state index is 13.7. The zero-order valence-corrected chi connectivity index (χ0v) is 19.8. The number of benzene rings is 2. The summed E-state index contributed by atoms with van der Waals surface area (Å²) < 4.78 is 25.5. The van der Waals surface area contributed by atoms with Gasteiger partial charge in [-0.05, 0) is 53.2 Å². The van der Waals surface area contributed by atoms with Crippen molar-refractivity contribution in [1.82, 2.24) is 4.90 Å². The van der Waals surface area contributed by atoms with Crippen LogP contribution in [0.15, 0.2) is 35.2 Å². The fraction of sp³-hybridized carbons (Fsp3) is 0.348. The Hall–Kier alpha value is -2.70. The van der Waals surface area contributed by atoms with E-state index < -0.39 is 47.3 Å². The van der Waals surface area contributed by atoms with Crippen LogP contribution < -0.4 is 5.46 Å². The Kier molecular flexibility index (Phi) is 6.34. The van der Waals surface area contributed by atoms with Gasteiger partial charge in [0.2, 0.25) is 0 Å². The SMILES string of the molecule is Cc1c(C(=O)N(Cc2ccc3c(c2)C(=O)CS3(O)O)[C@H](C(=O)O)C(C)C)ccc2c1B(O)OC2. The number of hydrogen-bond acceptors (Lipinski definition) is 7. The van der Waals surface area contributed by atoms with Crippen LogP contribution in [0.4, 0.5) is 0 Å². The van der Waals surface area contributed by atoms with Gasteiger partial charge in [-0.15, -0.1) is 0 Å². The van der Waals surface area contributed by atoms with Crippen molar-refractivity contribution in [2.24, 2.45) is 5.92 Å². The molecule has 2 aromatic rings. The van der Waals surface area contributed by atoms with Crippen LogP contribution in [-0.2, 0) is 22.6 Å². The molecular weight excluding hydrogens is 461 g/mol. The van der Waals surface area contributed by atoms with E-state index in [0.717, 1.165) is 5.56 Å². The van der Waals surface area contributed by atoms with Crippen LogP contribution in [0.5, 0.6) is 0 Å². The van der Waals surface area contributed by atoms with Crippen molar-refractivity contribution >= 4 is 40.8 Å². The lowest BCUT2D eigenvalue weighted by molar-refractivity contribution is -0.144. The number of Topliss-reactive ketones (excluding diaryl/α,β-unsaturated/α-hetero) is 1. The van der Waals surface area contributed by atoms with Crippen LogP contribution in [0.2, 0.25) is 0 Å². The second-order valence-electron chi connectivity index (χ2n) is 9.00. The molecule has 0 aromatic heterocycles. The molecule has 0 bridgehead atoms. The van der Waals surface area contributed by atoms with Crippen molar-refractivity contribution in [2.45, 2.75) is 44.9 Å². The molecule has 0 spiro atoms. The average molecular weight is 487 g/mol. The molecule has 0 unspecified atom stereocenters. The quantitative estimate of drug-likeness (QED) is 0.455. The van der Waals surface area contributed by atoms with Crippen LogP contribution >= 0.6 is 10.6 Å². The molecule has 1 amide bonds. The molecule has 0 radical (unpaired) electrons. The lowest BCUT2D eigenvalue weighted by Gasteiger charge is -2.32. The number of carbonyl (C=O) groups is 3. The molecule has 0 aliphatic carbocycles. The van der Waals surface area contributed by atoms with E-state index >= 15 is 0 Å². The zero-order chi connectivity index (χ0) is 24.9. The molecule has 34 heavy (non-hydrogen) atoms. The number of nitrogens with zero attached hydrogens (tertiary/aromatic N) is 1. The Bertz CT molecular complexity index is 1200. The van der Waals surface area contributed by atoms with E-state index in [1.807, 2.05) is 0 Å². The highest BCUT2D eigenvalue weighted by molar-refractivity contribution is 8.25. The summed E-state index contributed by atoms with van der Waals surface area (Å²) in [7, 11) is -4.33. The molecule has 0 saturated carbocycles. The molecule has 180 valence electrons. The number of fused-ring (bicyclic) bond motifs is 2. The minimum Gasteiger partial charge on any atom is -0.480 e. The first-order chi connectivity index (χ1) is 15.9. The highest BCUT2D eigenvalue weighted by Crippen LogP contribution is 2.54. The summed E-state index contributed by atoms with van der Waals surface area (Å²) in [5, 5.41) is 20.1. The van der Waals surface area contributed by atoms with Gasteiger partial charge in [-0.1, -0.05) is 26.0 Å². The Morgan fingerprint density at radius 2 is 1.91 bits per heavy atom.